The average molecular weight is 286 g/mol. The third-order valence-electron chi connectivity index (χ3n) is 2.99. The van der Waals surface area contributed by atoms with E-state index in [1.165, 1.54) is 0 Å². The van der Waals surface area contributed by atoms with Gasteiger partial charge in [0.15, 0.2) is 0 Å². The van der Waals surface area contributed by atoms with Crippen LogP contribution in [0.4, 0.5) is 0 Å². The molecular formula is C17H22N2O2. The summed E-state index contributed by atoms with van der Waals surface area (Å²) in [7, 11) is 0. The van der Waals surface area contributed by atoms with Crippen molar-refractivity contribution < 1.29 is 9.47 Å². The summed E-state index contributed by atoms with van der Waals surface area (Å²) >= 11 is 0. The largest absolute Gasteiger partial charge is 0.492 e. The molecule has 0 amide bonds. The second-order valence-corrected chi connectivity index (χ2v) is 5.10. The van der Waals surface area contributed by atoms with Crippen molar-refractivity contribution in [2.45, 2.75) is 32.9 Å². The molecule has 0 bridgehead atoms. The molecule has 112 valence electrons. The molecule has 1 heterocycles. The number of rotatable bonds is 6. The predicted octanol–water partition coefficient (Wildman–Crippen LogP) is 3.32. The molecule has 21 heavy (non-hydrogen) atoms. The first kappa shape index (κ1) is 15.3. The summed E-state index contributed by atoms with van der Waals surface area (Å²) in [6.45, 7) is 6.56. The maximum atomic E-state index is 6.33. The third-order valence-corrected chi connectivity index (χ3v) is 2.99. The van der Waals surface area contributed by atoms with E-state index in [0.717, 1.165) is 22.6 Å². The molecule has 1 unspecified atom stereocenters. The van der Waals surface area contributed by atoms with Gasteiger partial charge < -0.3 is 15.2 Å². The highest BCUT2D eigenvalue weighted by molar-refractivity contribution is 5.37. The Hall–Kier alpha value is -2.07. The minimum atomic E-state index is -0.256. The Bertz CT molecular complexity index is 585. The lowest BCUT2D eigenvalue weighted by molar-refractivity contribution is 0.242. The summed E-state index contributed by atoms with van der Waals surface area (Å²) in [6, 6.07) is 9.52. The van der Waals surface area contributed by atoms with Gasteiger partial charge in [0, 0.05) is 6.20 Å². The van der Waals surface area contributed by atoms with Crippen molar-refractivity contribution in [3.05, 3.63) is 53.9 Å². The fraction of sp³-hybridized carbons (Fsp3) is 0.353. The lowest BCUT2D eigenvalue weighted by Gasteiger charge is -2.16. The van der Waals surface area contributed by atoms with Crippen LogP contribution in [-0.2, 0) is 0 Å². The maximum absolute atomic E-state index is 6.33. The van der Waals surface area contributed by atoms with Gasteiger partial charge in [0.25, 0.3) is 0 Å². The molecule has 2 N–H and O–H groups in total. The Labute approximate surface area is 125 Å². The van der Waals surface area contributed by atoms with Crippen LogP contribution in [0, 0.1) is 0 Å². The number of pyridine rings is 1. The smallest absolute Gasteiger partial charge is 0.137 e. The molecule has 0 fully saturated rings. The molecule has 2 rings (SSSR count). The van der Waals surface area contributed by atoms with E-state index in [9.17, 15) is 0 Å². The van der Waals surface area contributed by atoms with Crippen molar-refractivity contribution in [2.24, 2.45) is 5.73 Å². The summed E-state index contributed by atoms with van der Waals surface area (Å²) in [5, 5.41) is 0. The van der Waals surface area contributed by atoms with Gasteiger partial charge in [-0.1, -0.05) is 12.1 Å². The predicted molar refractivity (Wildman–Crippen MR) is 83.6 cm³/mol. The topological polar surface area (TPSA) is 57.4 Å². The zero-order valence-corrected chi connectivity index (χ0v) is 12.7. The molecule has 0 spiro atoms. The van der Waals surface area contributed by atoms with Crippen molar-refractivity contribution >= 4 is 0 Å². The summed E-state index contributed by atoms with van der Waals surface area (Å²) < 4.78 is 11.2. The Morgan fingerprint density at radius 3 is 2.57 bits per heavy atom. The lowest BCUT2D eigenvalue weighted by atomic mass is 10.0. The van der Waals surface area contributed by atoms with Gasteiger partial charge in [-0.2, -0.15) is 0 Å². The van der Waals surface area contributed by atoms with Crippen LogP contribution in [0.15, 0.2) is 42.7 Å². The van der Waals surface area contributed by atoms with Gasteiger partial charge in [0.1, 0.15) is 11.5 Å². The highest BCUT2D eigenvalue weighted by atomic mass is 16.5. The summed E-state index contributed by atoms with van der Waals surface area (Å²) in [6.07, 6.45) is 3.60. The SMILES string of the molecule is CCOc1cncc(C(N)c2cccc(OC(C)C)c2)c1. The molecule has 1 aromatic heterocycles. The molecule has 4 heteroatoms. The van der Waals surface area contributed by atoms with E-state index in [1.54, 1.807) is 12.4 Å². The molecular weight excluding hydrogens is 264 g/mol. The number of hydrogen-bond acceptors (Lipinski definition) is 4. The van der Waals surface area contributed by atoms with Crippen LogP contribution in [0.5, 0.6) is 11.5 Å². The number of nitrogens with two attached hydrogens (primary N) is 1. The van der Waals surface area contributed by atoms with Crippen LogP contribution in [-0.4, -0.2) is 17.7 Å². The first-order valence-electron chi connectivity index (χ1n) is 7.20. The summed E-state index contributed by atoms with van der Waals surface area (Å²) in [5.74, 6) is 1.56. The van der Waals surface area contributed by atoms with Crippen LogP contribution >= 0.6 is 0 Å². The highest BCUT2D eigenvalue weighted by Gasteiger charge is 2.11. The van der Waals surface area contributed by atoms with Gasteiger partial charge >= 0.3 is 0 Å². The normalized spacial score (nSPS) is 12.2. The first-order chi connectivity index (χ1) is 10.1. The van der Waals surface area contributed by atoms with Crippen LogP contribution in [0.25, 0.3) is 0 Å². The molecule has 0 radical (unpaired) electrons. The molecule has 0 aliphatic rings. The zero-order valence-electron chi connectivity index (χ0n) is 12.7. The maximum Gasteiger partial charge on any atom is 0.137 e. The number of benzene rings is 1. The van der Waals surface area contributed by atoms with E-state index in [4.69, 9.17) is 15.2 Å². The van der Waals surface area contributed by atoms with E-state index >= 15 is 0 Å². The number of ether oxygens (including phenoxy) is 2. The van der Waals surface area contributed by atoms with Gasteiger partial charge in [-0.05, 0) is 50.1 Å². The van der Waals surface area contributed by atoms with Crippen molar-refractivity contribution in [3.8, 4) is 11.5 Å². The first-order valence-corrected chi connectivity index (χ1v) is 7.20. The van der Waals surface area contributed by atoms with Gasteiger partial charge in [-0.15, -0.1) is 0 Å². The molecule has 0 aliphatic carbocycles. The van der Waals surface area contributed by atoms with E-state index in [2.05, 4.69) is 4.98 Å². The molecule has 1 atom stereocenters. The Morgan fingerprint density at radius 1 is 1.10 bits per heavy atom. The molecule has 4 nitrogen and oxygen atoms in total. The number of nitrogens with zero attached hydrogens (tertiary/aromatic N) is 1. The highest BCUT2D eigenvalue weighted by Crippen LogP contribution is 2.25. The van der Waals surface area contributed by atoms with Gasteiger partial charge in [-0.25, -0.2) is 0 Å². The average Bonchev–Trinajstić information content (AvgIpc) is 2.47. The number of hydrogen-bond donors (Lipinski definition) is 1. The molecule has 0 aliphatic heterocycles. The number of aromatic nitrogens is 1. The fourth-order valence-electron chi connectivity index (χ4n) is 2.10. The van der Waals surface area contributed by atoms with E-state index in [0.29, 0.717) is 6.61 Å². The Kier molecular flexibility index (Phi) is 5.17. The lowest BCUT2D eigenvalue weighted by Crippen LogP contribution is -2.13. The quantitative estimate of drug-likeness (QED) is 0.885. The molecule has 1 aromatic carbocycles. The van der Waals surface area contributed by atoms with E-state index in [-0.39, 0.29) is 12.1 Å². The second-order valence-electron chi connectivity index (χ2n) is 5.10. The van der Waals surface area contributed by atoms with Gasteiger partial charge in [-0.3, -0.25) is 4.98 Å². The van der Waals surface area contributed by atoms with E-state index in [1.807, 2.05) is 51.1 Å². The van der Waals surface area contributed by atoms with Gasteiger partial charge in [0.05, 0.1) is 24.9 Å². The van der Waals surface area contributed by atoms with Crippen molar-refractivity contribution in [3.63, 3.8) is 0 Å². The van der Waals surface area contributed by atoms with Crippen LogP contribution < -0.4 is 15.2 Å². The second kappa shape index (κ2) is 7.09. The molecule has 2 aromatic rings. The van der Waals surface area contributed by atoms with Gasteiger partial charge in [0.2, 0.25) is 0 Å². The van der Waals surface area contributed by atoms with Crippen molar-refractivity contribution in [2.75, 3.05) is 6.61 Å². The van der Waals surface area contributed by atoms with Crippen molar-refractivity contribution in [1.82, 2.24) is 4.98 Å². The van der Waals surface area contributed by atoms with Crippen LogP contribution in [0.2, 0.25) is 0 Å². The minimum Gasteiger partial charge on any atom is -0.492 e. The zero-order chi connectivity index (χ0) is 15.2. The van der Waals surface area contributed by atoms with Crippen LogP contribution in [0.3, 0.4) is 0 Å². The monoisotopic (exact) mass is 286 g/mol. The Morgan fingerprint density at radius 2 is 1.86 bits per heavy atom. The summed E-state index contributed by atoms with van der Waals surface area (Å²) in [4.78, 5) is 4.18. The standard InChI is InChI=1S/C17H22N2O2/c1-4-20-16-9-14(10-19-11-16)17(18)13-6-5-7-15(8-13)21-12(2)3/h5-12,17H,4,18H2,1-3H3. The molecule has 0 saturated carbocycles. The van der Waals surface area contributed by atoms with Crippen LogP contribution in [0.1, 0.15) is 37.9 Å². The Balaban J connectivity index is 2.22. The van der Waals surface area contributed by atoms with E-state index < -0.39 is 0 Å². The summed E-state index contributed by atoms with van der Waals surface area (Å²) in [5.41, 5.74) is 8.24. The molecule has 0 saturated heterocycles. The minimum absolute atomic E-state index is 0.138. The fourth-order valence-corrected chi connectivity index (χ4v) is 2.10. The van der Waals surface area contributed by atoms with Crippen molar-refractivity contribution in [1.29, 1.82) is 0 Å². The third kappa shape index (κ3) is 4.20.